The number of rotatable bonds is 3. The van der Waals surface area contributed by atoms with Crippen LogP contribution in [-0.2, 0) is 10.1 Å². The van der Waals surface area contributed by atoms with E-state index in [-0.39, 0.29) is 15.6 Å². The Bertz CT molecular complexity index is 1150. The molecule has 0 aliphatic heterocycles. The van der Waals surface area contributed by atoms with E-state index >= 15 is 0 Å². The molecule has 144 valence electrons. The molecule has 4 nitrogen and oxygen atoms in total. The lowest BCUT2D eigenvalue weighted by Gasteiger charge is -2.24. The Labute approximate surface area is 171 Å². The Hall–Kier alpha value is -2.53. The first-order valence-electron chi connectivity index (χ1n) is 7.86. The molecule has 3 rings (SSSR count). The highest BCUT2D eigenvalue weighted by Crippen LogP contribution is 2.31. The summed E-state index contributed by atoms with van der Waals surface area (Å²) in [6.07, 6.45) is 4.16. The highest BCUT2D eigenvalue weighted by molar-refractivity contribution is 8.03. The summed E-state index contributed by atoms with van der Waals surface area (Å²) in [6, 6.07) is 8.24. The highest BCUT2D eigenvalue weighted by atomic mass is 35.5. The van der Waals surface area contributed by atoms with Crippen molar-refractivity contribution in [3.63, 3.8) is 0 Å². The van der Waals surface area contributed by atoms with Gasteiger partial charge in [0, 0.05) is 16.8 Å². The summed E-state index contributed by atoms with van der Waals surface area (Å²) < 4.78 is 44.7. The molecule has 0 saturated heterocycles. The maximum Gasteiger partial charge on any atom is 0.165 e. The van der Waals surface area contributed by atoms with Crippen LogP contribution in [0.2, 0.25) is 10.0 Å². The number of hydrogen-bond acceptors (Lipinski definition) is 3. The van der Waals surface area contributed by atoms with Gasteiger partial charge >= 0.3 is 0 Å². The zero-order valence-electron chi connectivity index (χ0n) is 14.4. The molecule has 1 heterocycles. The van der Waals surface area contributed by atoms with Crippen LogP contribution in [0.4, 0.5) is 14.5 Å². The third-order valence-corrected chi connectivity index (χ3v) is 6.36. The van der Waals surface area contributed by atoms with Gasteiger partial charge in [-0.15, -0.1) is 0 Å². The summed E-state index contributed by atoms with van der Waals surface area (Å²) >= 11 is 12.0. The summed E-state index contributed by atoms with van der Waals surface area (Å²) in [4.78, 5) is 0.237. The zero-order chi connectivity index (χ0) is 20.3. The highest BCUT2D eigenvalue weighted by Gasteiger charge is 2.20. The molecule has 0 radical (unpaired) electrons. The number of benzene rings is 2. The number of hydrogen-bond donors (Lipinski definition) is 2. The van der Waals surface area contributed by atoms with Crippen molar-refractivity contribution in [2.45, 2.75) is 4.90 Å². The molecule has 0 aliphatic carbocycles. The standard InChI is InChI=1S/C19H13Cl2F2N3OS/c1-28(27,18-10-13(20)3-5-15(18)21)26-17-7-6-16(22)14(19(17)23)4-2-12-8-9-24-25-11-12/h3,5-11,28H,1H3,(H,26,27). The Morgan fingerprint density at radius 2 is 1.86 bits per heavy atom. The van der Waals surface area contributed by atoms with Crippen LogP contribution in [0, 0.1) is 23.5 Å². The second kappa shape index (κ2) is 8.23. The minimum Gasteiger partial charge on any atom is -0.321 e. The van der Waals surface area contributed by atoms with Gasteiger partial charge in [0.1, 0.15) is 5.82 Å². The maximum absolute atomic E-state index is 14.8. The van der Waals surface area contributed by atoms with Crippen LogP contribution < -0.4 is 4.72 Å². The van der Waals surface area contributed by atoms with Crippen LogP contribution in [0.3, 0.4) is 0 Å². The predicted molar refractivity (Wildman–Crippen MR) is 108 cm³/mol. The van der Waals surface area contributed by atoms with Crippen LogP contribution in [0.25, 0.3) is 0 Å². The lowest BCUT2D eigenvalue weighted by molar-refractivity contribution is 0.580. The van der Waals surface area contributed by atoms with Crippen LogP contribution in [0.1, 0.15) is 11.1 Å². The van der Waals surface area contributed by atoms with E-state index in [0.29, 0.717) is 10.6 Å². The topological polar surface area (TPSA) is 54.9 Å². The fourth-order valence-corrected chi connectivity index (χ4v) is 4.83. The number of anilines is 1. The number of thiol groups is 1. The molecule has 28 heavy (non-hydrogen) atoms. The second-order valence-corrected chi connectivity index (χ2v) is 9.19. The van der Waals surface area contributed by atoms with Crippen molar-refractivity contribution < 1.29 is 13.0 Å². The van der Waals surface area contributed by atoms with Gasteiger partial charge in [-0.2, -0.15) is 10.2 Å². The molecule has 0 saturated carbocycles. The van der Waals surface area contributed by atoms with E-state index in [9.17, 15) is 13.0 Å². The van der Waals surface area contributed by atoms with Crippen molar-refractivity contribution in [3.8, 4) is 11.8 Å². The first-order valence-corrected chi connectivity index (χ1v) is 10.8. The minimum absolute atomic E-state index is 0.166. The molecule has 2 aromatic carbocycles. The zero-order valence-corrected chi connectivity index (χ0v) is 16.8. The molecule has 0 amide bonds. The molecular weight excluding hydrogens is 427 g/mol. The van der Waals surface area contributed by atoms with E-state index in [1.165, 1.54) is 30.8 Å². The molecular formula is C19H13Cl2F2N3OS. The largest absolute Gasteiger partial charge is 0.321 e. The number of aromatic nitrogens is 2. The van der Waals surface area contributed by atoms with Crippen LogP contribution in [0.15, 0.2) is 53.7 Å². The van der Waals surface area contributed by atoms with Crippen molar-refractivity contribution in [2.75, 3.05) is 11.0 Å². The smallest absolute Gasteiger partial charge is 0.165 e. The second-order valence-electron chi connectivity index (χ2n) is 5.80. The molecule has 0 unspecified atom stereocenters. The molecule has 3 aromatic rings. The van der Waals surface area contributed by atoms with Crippen molar-refractivity contribution >= 4 is 39.0 Å². The van der Waals surface area contributed by atoms with Gasteiger partial charge in [0.2, 0.25) is 0 Å². The van der Waals surface area contributed by atoms with E-state index < -0.39 is 27.3 Å². The van der Waals surface area contributed by atoms with Gasteiger partial charge in [-0.05, 0) is 46.5 Å². The molecule has 9 heteroatoms. The van der Waals surface area contributed by atoms with Crippen LogP contribution in [-0.4, -0.2) is 20.7 Å². The normalized spacial score (nSPS) is 11.5. The van der Waals surface area contributed by atoms with Gasteiger partial charge in [-0.1, -0.05) is 35.0 Å². The fourth-order valence-electron chi connectivity index (χ4n) is 2.36. The summed E-state index contributed by atoms with van der Waals surface area (Å²) in [5.74, 6) is 3.25. The summed E-state index contributed by atoms with van der Waals surface area (Å²) in [7, 11) is -3.37. The van der Waals surface area contributed by atoms with Gasteiger partial charge in [0.25, 0.3) is 0 Å². The average Bonchev–Trinajstić information content (AvgIpc) is 2.66. The van der Waals surface area contributed by atoms with Crippen molar-refractivity contribution in [1.82, 2.24) is 10.2 Å². The van der Waals surface area contributed by atoms with E-state index in [0.717, 1.165) is 12.1 Å². The Kier molecular flexibility index (Phi) is 5.94. The van der Waals surface area contributed by atoms with Crippen LogP contribution in [0.5, 0.6) is 0 Å². The SMILES string of the molecule is C[SH](=O)(Nc1ccc(F)c(C#Cc2ccnnc2)c1F)c1cc(Cl)ccc1Cl. The van der Waals surface area contributed by atoms with Crippen molar-refractivity contribution in [3.05, 3.63) is 81.6 Å². The number of nitrogens with zero attached hydrogens (tertiary/aromatic N) is 2. The Morgan fingerprint density at radius 3 is 2.57 bits per heavy atom. The third kappa shape index (κ3) is 4.47. The lowest BCUT2D eigenvalue weighted by atomic mass is 10.1. The predicted octanol–water partition coefficient (Wildman–Crippen LogP) is 4.49. The maximum atomic E-state index is 14.8. The molecule has 0 fully saturated rings. The monoisotopic (exact) mass is 439 g/mol. The van der Waals surface area contributed by atoms with Crippen LogP contribution >= 0.6 is 23.2 Å². The summed E-state index contributed by atoms with van der Waals surface area (Å²) in [5.41, 5.74) is -0.182. The summed E-state index contributed by atoms with van der Waals surface area (Å²) in [5, 5.41) is 7.80. The summed E-state index contributed by atoms with van der Waals surface area (Å²) in [6.45, 7) is 0. The first-order chi connectivity index (χ1) is 13.3. The van der Waals surface area contributed by atoms with Crippen molar-refractivity contribution in [1.29, 1.82) is 0 Å². The molecule has 1 aromatic heterocycles. The molecule has 0 atom stereocenters. The lowest BCUT2D eigenvalue weighted by Crippen LogP contribution is -2.22. The molecule has 1 N–H and O–H groups in total. The van der Waals surface area contributed by atoms with E-state index in [4.69, 9.17) is 23.2 Å². The van der Waals surface area contributed by atoms with E-state index in [1.54, 1.807) is 12.1 Å². The Balaban J connectivity index is 1.99. The van der Waals surface area contributed by atoms with E-state index in [2.05, 4.69) is 26.8 Å². The van der Waals surface area contributed by atoms with Gasteiger partial charge in [0.05, 0.1) is 33.6 Å². The molecule has 0 spiro atoms. The Morgan fingerprint density at radius 1 is 1.07 bits per heavy atom. The number of nitrogens with one attached hydrogen (secondary N) is 1. The quantitative estimate of drug-likeness (QED) is 0.466. The van der Waals surface area contributed by atoms with Gasteiger partial charge in [-0.3, -0.25) is 4.21 Å². The minimum atomic E-state index is -3.37. The van der Waals surface area contributed by atoms with Crippen molar-refractivity contribution in [2.24, 2.45) is 0 Å². The molecule has 0 bridgehead atoms. The van der Waals surface area contributed by atoms with Gasteiger partial charge in [-0.25, -0.2) is 8.78 Å². The average molecular weight is 440 g/mol. The molecule has 0 aliphatic rings. The number of halogens is 4. The fraction of sp³-hybridized carbons (Fsp3) is 0.0526. The third-order valence-electron chi connectivity index (χ3n) is 3.71. The van der Waals surface area contributed by atoms with E-state index in [1.807, 2.05) is 0 Å². The first kappa shape index (κ1) is 20.2. The van der Waals surface area contributed by atoms with Gasteiger partial charge < -0.3 is 4.72 Å². The van der Waals surface area contributed by atoms with Gasteiger partial charge in [0.15, 0.2) is 5.82 Å².